The van der Waals surface area contributed by atoms with Crippen LogP contribution in [0, 0.1) is 17.3 Å². The molecule has 0 saturated heterocycles. The minimum atomic E-state index is 0. The van der Waals surface area contributed by atoms with Gasteiger partial charge in [-0.1, -0.05) is 19.8 Å². The van der Waals surface area contributed by atoms with Gasteiger partial charge < -0.3 is 15.0 Å². The Morgan fingerprint density at radius 1 is 1.26 bits per heavy atom. The molecule has 0 amide bonds. The van der Waals surface area contributed by atoms with Crippen LogP contribution in [0.5, 0.6) is 0 Å². The molecule has 0 heterocycles. The molecule has 23 heavy (non-hydrogen) atoms. The summed E-state index contributed by atoms with van der Waals surface area (Å²) < 4.78 is 5.24. The summed E-state index contributed by atoms with van der Waals surface area (Å²) in [5, 5.41) is 3.60. The number of guanidine groups is 1. The largest absolute Gasteiger partial charge is 0.385 e. The maximum absolute atomic E-state index is 5.24. The van der Waals surface area contributed by atoms with Gasteiger partial charge in [0.15, 0.2) is 5.96 Å². The molecule has 0 bridgehead atoms. The Morgan fingerprint density at radius 3 is 2.43 bits per heavy atom. The summed E-state index contributed by atoms with van der Waals surface area (Å²) in [5.41, 5.74) is 0.465. The van der Waals surface area contributed by atoms with E-state index in [9.17, 15) is 0 Å². The van der Waals surface area contributed by atoms with Gasteiger partial charge in [0.1, 0.15) is 0 Å². The number of hydrogen-bond donors (Lipinski definition) is 1. The monoisotopic (exact) mass is 437 g/mol. The van der Waals surface area contributed by atoms with E-state index < -0.39 is 0 Å². The van der Waals surface area contributed by atoms with E-state index in [4.69, 9.17) is 4.74 Å². The number of ether oxygens (including phenoxy) is 1. The van der Waals surface area contributed by atoms with Gasteiger partial charge in [-0.15, -0.1) is 24.0 Å². The van der Waals surface area contributed by atoms with E-state index >= 15 is 0 Å². The second-order valence-corrected chi connectivity index (χ2v) is 7.65. The lowest BCUT2D eigenvalue weighted by Gasteiger charge is -2.31. The van der Waals surface area contributed by atoms with Gasteiger partial charge in [0.25, 0.3) is 0 Å². The minimum Gasteiger partial charge on any atom is -0.385 e. The molecule has 4 nitrogen and oxygen atoms in total. The summed E-state index contributed by atoms with van der Waals surface area (Å²) >= 11 is 0. The first-order valence-electron chi connectivity index (χ1n) is 8.99. The van der Waals surface area contributed by atoms with E-state index in [0.717, 1.165) is 43.9 Å². The smallest absolute Gasteiger partial charge is 0.193 e. The number of hydrogen-bond acceptors (Lipinski definition) is 2. The molecule has 2 fully saturated rings. The lowest BCUT2D eigenvalue weighted by atomic mass is 9.83. The molecule has 1 N–H and O–H groups in total. The van der Waals surface area contributed by atoms with Crippen LogP contribution in [-0.2, 0) is 4.74 Å². The van der Waals surface area contributed by atoms with E-state index in [1.165, 1.54) is 38.5 Å². The van der Waals surface area contributed by atoms with Gasteiger partial charge in [0.2, 0.25) is 0 Å². The van der Waals surface area contributed by atoms with E-state index in [0.29, 0.717) is 5.41 Å². The van der Waals surface area contributed by atoms with Crippen molar-refractivity contribution in [1.29, 1.82) is 0 Å². The van der Waals surface area contributed by atoms with Crippen LogP contribution < -0.4 is 5.32 Å². The van der Waals surface area contributed by atoms with Crippen LogP contribution in [0.25, 0.3) is 0 Å². The first-order valence-corrected chi connectivity index (χ1v) is 8.99. The highest BCUT2D eigenvalue weighted by atomic mass is 127. The fourth-order valence-corrected chi connectivity index (χ4v) is 3.65. The summed E-state index contributed by atoms with van der Waals surface area (Å²) in [6, 6.07) is 0. The fourth-order valence-electron chi connectivity index (χ4n) is 3.65. The average Bonchev–Trinajstić information content (AvgIpc) is 3.28. The summed E-state index contributed by atoms with van der Waals surface area (Å²) in [6.07, 6.45) is 9.35. The molecule has 2 aliphatic rings. The van der Waals surface area contributed by atoms with Crippen molar-refractivity contribution in [3.05, 3.63) is 0 Å². The topological polar surface area (TPSA) is 36.9 Å². The zero-order valence-electron chi connectivity index (χ0n) is 15.4. The van der Waals surface area contributed by atoms with Gasteiger partial charge in [-0.2, -0.15) is 0 Å². The predicted octanol–water partition coefficient (Wildman–Crippen LogP) is 3.75. The summed E-state index contributed by atoms with van der Waals surface area (Å²) in [5.74, 6) is 2.82. The Balaban J connectivity index is 0.00000264. The van der Waals surface area contributed by atoms with E-state index in [-0.39, 0.29) is 24.0 Å². The fraction of sp³-hybridized carbons (Fsp3) is 0.944. The molecule has 136 valence electrons. The lowest BCUT2D eigenvalue weighted by Crippen LogP contribution is -2.43. The van der Waals surface area contributed by atoms with Gasteiger partial charge in [0, 0.05) is 40.9 Å². The van der Waals surface area contributed by atoms with Crippen molar-refractivity contribution in [2.45, 2.75) is 51.9 Å². The molecule has 0 unspecified atom stereocenters. The number of halogens is 1. The average molecular weight is 437 g/mol. The Kier molecular flexibility index (Phi) is 9.19. The second-order valence-electron chi connectivity index (χ2n) is 7.65. The molecule has 0 spiro atoms. The van der Waals surface area contributed by atoms with E-state index in [2.05, 4.69) is 29.2 Å². The third-order valence-corrected chi connectivity index (χ3v) is 5.66. The third-order valence-electron chi connectivity index (χ3n) is 5.66. The van der Waals surface area contributed by atoms with Crippen molar-refractivity contribution in [3.63, 3.8) is 0 Å². The number of nitrogens with zero attached hydrogens (tertiary/aromatic N) is 2. The summed E-state index contributed by atoms with van der Waals surface area (Å²) in [7, 11) is 5.87. The molecule has 0 radical (unpaired) electrons. The lowest BCUT2D eigenvalue weighted by molar-refractivity contribution is 0.172. The maximum Gasteiger partial charge on any atom is 0.193 e. The molecule has 2 rings (SSSR count). The molecule has 0 atom stereocenters. The van der Waals surface area contributed by atoms with Crippen LogP contribution in [0.15, 0.2) is 4.99 Å². The number of aliphatic imine (C=N–C) groups is 1. The maximum atomic E-state index is 5.24. The molecule has 0 aliphatic heterocycles. The molecular weight excluding hydrogens is 401 g/mol. The first kappa shape index (κ1) is 21.0. The van der Waals surface area contributed by atoms with Crippen molar-refractivity contribution in [2.75, 3.05) is 40.9 Å². The van der Waals surface area contributed by atoms with Crippen LogP contribution in [0.2, 0.25) is 0 Å². The molecular formula is C18H36IN3O. The normalized spacial score (nSPS) is 26.3. The number of methoxy groups -OCH3 is 1. The predicted molar refractivity (Wildman–Crippen MR) is 109 cm³/mol. The van der Waals surface area contributed by atoms with Gasteiger partial charge >= 0.3 is 0 Å². The Labute approximate surface area is 159 Å². The molecule has 0 aromatic rings. The van der Waals surface area contributed by atoms with Crippen LogP contribution in [0.1, 0.15) is 51.9 Å². The highest BCUT2D eigenvalue weighted by molar-refractivity contribution is 14.0. The minimum absolute atomic E-state index is 0. The van der Waals surface area contributed by atoms with E-state index in [1.807, 2.05) is 7.05 Å². The van der Waals surface area contributed by atoms with Crippen LogP contribution >= 0.6 is 24.0 Å². The summed E-state index contributed by atoms with van der Waals surface area (Å²) in [4.78, 5) is 6.81. The van der Waals surface area contributed by atoms with Crippen molar-refractivity contribution in [2.24, 2.45) is 22.2 Å². The molecule has 5 heteroatoms. The van der Waals surface area contributed by atoms with Crippen molar-refractivity contribution < 1.29 is 4.74 Å². The SMILES string of the molecule is CN=C(NCC1(CCOC)CC1)N(C)CC1CCC(C)CC1.I. The van der Waals surface area contributed by atoms with Crippen LogP contribution in [-0.4, -0.2) is 51.8 Å². The van der Waals surface area contributed by atoms with Crippen molar-refractivity contribution in [1.82, 2.24) is 10.2 Å². The zero-order chi connectivity index (χ0) is 16.0. The molecule has 2 aliphatic carbocycles. The van der Waals surface area contributed by atoms with Crippen LogP contribution in [0.3, 0.4) is 0 Å². The Hall–Kier alpha value is -0.0400. The first-order chi connectivity index (χ1) is 10.6. The molecule has 2 saturated carbocycles. The Bertz CT molecular complexity index is 363. The quantitative estimate of drug-likeness (QED) is 0.375. The van der Waals surface area contributed by atoms with Gasteiger partial charge in [-0.3, -0.25) is 4.99 Å². The van der Waals surface area contributed by atoms with Gasteiger partial charge in [-0.25, -0.2) is 0 Å². The van der Waals surface area contributed by atoms with E-state index in [1.54, 1.807) is 7.11 Å². The second kappa shape index (κ2) is 10.1. The number of rotatable bonds is 7. The van der Waals surface area contributed by atoms with Gasteiger partial charge in [0.05, 0.1) is 0 Å². The van der Waals surface area contributed by atoms with Crippen LogP contribution in [0.4, 0.5) is 0 Å². The highest BCUT2D eigenvalue weighted by Gasteiger charge is 2.42. The highest BCUT2D eigenvalue weighted by Crippen LogP contribution is 2.48. The molecule has 0 aromatic carbocycles. The number of nitrogens with one attached hydrogen (secondary N) is 1. The standard InChI is InChI=1S/C18H35N3O.HI/c1-15-5-7-16(8-6-15)13-21(3)17(19-2)20-14-18(9-10-18)11-12-22-4;/h15-16H,5-14H2,1-4H3,(H,19,20);1H. The van der Waals surface area contributed by atoms with Crippen molar-refractivity contribution in [3.8, 4) is 0 Å². The van der Waals surface area contributed by atoms with Crippen molar-refractivity contribution >= 4 is 29.9 Å². The third kappa shape index (κ3) is 6.77. The summed E-state index contributed by atoms with van der Waals surface area (Å²) in [6.45, 7) is 5.43. The molecule has 0 aromatic heterocycles. The van der Waals surface area contributed by atoms with Gasteiger partial charge in [-0.05, 0) is 49.4 Å². The Morgan fingerprint density at radius 2 is 1.91 bits per heavy atom. The zero-order valence-corrected chi connectivity index (χ0v) is 17.8.